The van der Waals surface area contributed by atoms with E-state index in [1.165, 1.54) is 0 Å². The summed E-state index contributed by atoms with van der Waals surface area (Å²) in [6.45, 7) is 2.79. The van der Waals surface area contributed by atoms with Crippen LogP contribution < -0.4 is 5.73 Å². The summed E-state index contributed by atoms with van der Waals surface area (Å²) < 4.78 is 0. The average Bonchev–Trinajstić information content (AvgIpc) is 2.63. The first-order valence-corrected chi connectivity index (χ1v) is 5.71. The molecule has 0 radical (unpaired) electrons. The minimum absolute atomic E-state index is 0.365. The Morgan fingerprint density at radius 3 is 3.07 bits per heavy atom. The second-order valence-electron chi connectivity index (χ2n) is 3.22. The smallest absolute Gasteiger partial charge is 0.107 e. The summed E-state index contributed by atoms with van der Waals surface area (Å²) in [6.07, 6.45) is 2.60. The molecular weight excluding hydrogens is 194 g/mol. The van der Waals surface area contributed by atoms with Crippen LogP contribution in [0.3, 0.4) is 0 Å². The Balaban J connectivity index is 2.69. The van der Waals surface area contributed by atoms with Crippen molar-refractivity contribution in [3.05, 3.63) is 16.1 Å². The van der Waals surface area contributed by atoms with Crippen LogP contribution in [0, 0.1) is 11.3 Å². The third-order valence-corrected chi connectivity index (χ3v) is 3.01. The summed E-state index contributed by atoms with van der Waals surface area (Å²) in [5, 5.41) is 11.4. The minimum atomic E-state index is 0.365. The lowest BCUT2D eigenvalue weighted by Gasteiger charge is -2.09. The van der Waals surface area contributed by atoms with Gasteiger partial charge in [0.1, 0.15) is 5.01 Å². The van der Waals surface area contributed by atoms with Gasteiger partial charge < -0.3 is 5.73 Å². The van der Waals surface area contributed by atoms with E-state index in [9.17, 15) is 0 Å². The molecule has 0 aromatic carbocycles. The maximum absolute atomic E-state index is 8.52. The summed E-state index contributed by atoms with van der Waals surface area (Å²) in [4.78, 5) is 4.41. The van der Waals surface area contributed by atoms with E-state index < -0.39 is 0 Å². The molecule has 1 rings (SSSR count). The SMILES string of the molecule is CCCC(CN)c1csc(CC#N)n1. The molecule has 0 saturated carbocycles. The molecule has 2 N–H and O–H groups in total. The standard InChI is InChI=1S/C10H15N3S/c1-2-3-8(6-12)9-7-14-10(13-9)4-5-11/h7-8H,2-4,6,12H2,1H3. The Bertz CT molecular complexity index is 313. The van der Waals surface area contributed by atoms with Gasteiger partial charge in [0.2, 0.25) is 0 Å². The van der Waals surface area contributed by atoms with Gasteiger partial charge in [-0.05, 0) is 6.42 Å². The van der Waals surface area contributed by atoms with Crippen molar-refractivity contribution in [2.45, 2.75) is 32.1 Å². The van der Waals surface area contributed by atoms with E-state index in [2.05, 4.69) is 18.0 Å². The zero-order valence-electron chi connectivity index (χ0n) is 8.36. The second-order valence-corrected chi connectivity index (χ2v) is 4.16. The number of rotatable bonds is 5. The Morgan fingerprint density at radius 2 is 2.50 bits per heavy atom. The largest absolute Gasteiger partial charge is 0.330 e. The fourth-order valence-electron chi connectivity index (χ4n) is 1.40. The fourth-order valence-corrected chi connectivity index (χ4v) is 2.20. The van der Waals surface area contributed by atoms with Gasteiger partial charge in [0.15, 0.2) is 0 Å². The van der Waals surface area contributed by atoms with Crippen molar-refractivity contribution >= 4 is 11.3 Å². The molecule has 14 heavy (non-hydrogen) atoms. The monoisotopic (exact) mass is 209 g/mol. The van der Waals surface area contributed by atoms with E-state index in [0.717, 1.165) is 23.5 Å². The number of hydrogen-bond donors (Lipinski definition) is 1. The number of thiazole rings is 1. The van der Waals surface area contributed by atoms with Crippen molar-refractivity contribution in [1.29, 1.82) is 5.26 Å². The van der Waals surface area contributed by atoms with Crippen LogP contribution in [0.2, 0.25) is 0 Å². The molecule has 4 heteroatoms. The molecule has 0 bridgehead atoms. The van der Waals surface area contributed by atoms with Crippen molar-refractivity contribution in [2.75, 3.05) is 6.54 Å². The molecule has 0 aliphatic rings. The zero-order valence-corrected chi connectivity index (χ0v) is 9.18. The molecule has 0 saturated heterocycles. The van der Waals surface area contributed by atoms with Crippen molar-refractivity contribution in [2.24, 2.45) is 5.73 Å². The lowest BCUT2D eigenvalue weighted by molar-refractivity contribution is 0.609. The van der Waals surface area contributed by atoms with Gasteiger partial charge >= 0.3 is 0 Å². The normalized spacial score (nSPS) is 12.4. The Hall–Kier alpha value is -0.920. The number of hydrogen-bond acceptors (Lipinski definition) is 4. The maximum atomic E-state index is 8.52. The van der Waals surface area contributed by atoms with Crippen LogP contribution in [-0.4, -0.2) is 11.5 Å². The highest BCUT2D eigenvalue weighted by molar-refractivity contribution is 7.09. The Kier molecular flexibility index (Phi) is 4.57. The predicted octanol–water partition coefficient (Wildman–Crippen LogP) is 2.05. The highest BCUT2D eigenvalue weighted by atomic mass is 32.1. The van der Waals surface area contributed by atoms with Gasteiger partial charge in [0.05, 0.1) is 18.2 Å². The van der Waals surface area contributed by atoms with Crippen LogP contribution in [-0.2, 0) is 6.42 Å². The van der Waals surface area contributed by atoms with Crippen molar-refractivity contribution in [3.8, 4) is 6.07 Å². The average molecular weight is 209 g/mol. The van der Waals surface area contributed by atoms with Crippen molar-refractivity contribution in [1.82, 2.24) is 4.98 Å². The Morgan fingerprint density at radius 1 is 1.71 bits per heavy atom. The topological polar surface area (TPSA) is 62.7 Å². The molecule has 1 aromatic heterocycles. The number of aromatic nitrogens is 1. The highest BCUT2D eigenvalue weighted by Crippen LogP contribution is 2.22. The van der Waals surface area contributed by atoms with Crippen LogP contribution in [0.25, 0.3) is 0 Å². The predicted molar refractivity (Wildman–Crippen MR) is 58.1 cm³/mol. The molecule has 1 unspecified atom stereocenters. The summed E-state index contributed by atoms with van der Waals surface area (Å²) in [6, 6.07) is 2.10. The van der Waals surface area contributed by atoms with Crippen LogP contribution >= 0.6 is 11.3 Å². The highest BCUT2D eigenvalue weighted by Gasteiger charge is 2.12. The first kappa shape index (κ1) is 11.2. The van der Waals surface area contributed by atoms with Gasteiger partial charge in [-0.1, -0.05) is 13.3 Å². The first-order chi connectivity index (χ1) is 6.81. The molecular formula is C10H15N3S. The molecule has 0 amide bonds. The molecule has 76 valence electrons. The van der Waals surface area contributed by atoms with Crippen LogP contribution in [0.4, 0.5) is 0 Å². The Labute approximate surface area is 88.6 Å². The van der Waals surface area contributed by atoms with E-state index in [4.69, 9.17) is 11.0 Å². The van der Waals surface area contributed by atoms with Gasteiger partial charge in [-0.25, -0.2) is 4.98 Å². The second kappa shape index (κ2) is 5.74. The van der Waals surface area contributed by atoms with Crippen molar-refractivity contribution < 1.29 is 0 Å². The van der Waals surface area contributed by atoms with Gasteiger partial charge in [0, 0.05) is 17.8 Å². The van der Waals surface area contributed by atoms with E-state index in [0.29, 0.717) is 18.9 Å². The molecule has 0 fully saturated rings. The molecule has 0 aliphatic heterocycles. The van der Waals surface area contributed by atoms with E-state index in [1.807, 2.05) is 5.38 Å². The van der Waals surface area contributed by atoms with Crippen LogP contribution in [0.1, 0.15) is 36.4 Å². The summed E-state index contributed by atoms with van der Waals surface area (Å²) in [7, 11) is 0. The van der Waals surface area contributed by atoms with E-state index in [-0.39, 0.29) is 0 Å². The molecule has 1 aromatic rings. The molecule has 1 atom stereocenters. The first-order valence-electron chi connectivity index (χ1n) is 4.83. The zero-order chi connectivity index (χ0) is 10.4. The number of nitrogens with zero attached hydrogens (tertiary/aromatic N) is 2. The quantitative estimate of drug-likeness (QED) is 0.807. The minimum Gasteiger partial charge on any atom is -0.330 e. The van der Waals surface area contributed by atoms with Crippen molar-refractivity contribution in [3.63, 3.8) is 0 Å². The summed E-state index contributed by atoms with van der Waals surface area (Å²) in [5.41, 5.74) is 6.73. The molecule has 1 heterocycles. The van der Waals surface area contributed by atoms with Gasteiger partial charge in [0.25, 0.3) is 0 Å². The third-order valence-electron chi connectivity index (χ3n) is 2.14. The number of nitriles is 1. The van der Waals surface area contributed by atoms with E-state index >= 15 is 0 Å². The molecule has 0 aliphatic carbocycles. The van der Waals surface area contributed by atoms with Gasteiger partial charge in [-0.3, -0.25) is 0 Å². The lowest BCUT2D eigenvalue weighted by atomic mass is 10.0. The summed E-state index contributed by atoms with van der Waals surface area (Å²) >= 11 is 1.55. The van der Waals surface area contributed by atoms with Crippen LogP contribution in [0.15, 0.2) is 5.38 Å². The fraction of sp³-hybridized carbons (Fsp3) is 0.600. The molecule has 3 nitrogen and oxygen atoms in total. The summed E-state index contributed by atoms with van der Waals surface area (Å²) in [5.74, 6) is 0.365. The third kappa shape index (κ3) is 2.79. The van der Waals surface area contributed by atoms with Crippen LogP contribution in [0.5, 0.6) is 0 Å². The number of nitrogens with two attached hydrogens (primary N) is 1. The lowest BCUT2D eigenvalue weighted by Crippen LogP contribution is -2.12. The van der Waals surface area contributed by atoms with Gasteiger partial charge in [-0.2, -0.15) is 5.26 Å². The molecule has 0 spiro atoms. The van der Waals surface area contributed by atoms with E-state index in [1.54, 1.807) is 11.3 Å². The van der Waals surface area contributed by atoms with Gasteiger partial charge in [-0.15, -0.1) is 11.3 Å². The maximum Gasteiger partial charge on any atom is 0.107 e.